The van der Waals surface area contributed by atoms with Gasteiger partial charge in [0, 0.05) is 14.1 Å². The number of guanidine groups is 1. The number of urea groups is 1. The Kier molecular flexibility index (Phi) is 2.47. The van der Waals surface area contributed by atoms with Gasteiger partial charge in [-0.15, -0.1) is 10.1 Å². The van der Waals surface area contributed by atoms with Gasteiger partial charge in [-0.25, -0.2) is 9.37 Å². The molecular formula is C12H17N6O2+. The minimum Gasteiger partial charge on any atom is -0.270 e. The average Bonchev–Trinajstić information content (AvgIpc) is 2.81. The number of amidine groups is 1. The molecule has 3 heterocycles. The lowest BCUT2D eigenvalue weighted by molar-refractivity contribution is -0.558. The molecule has 0 radical (unpaired) electrons. The molecule has 3 amide bonds. The molecule has 106 valence electrons. The molecule has 0 aromatic rings. The van der Waals surface area contributed by atoms with E-state index in [0.29, 0.717) is 11.8 Å². The second-order valence-corrected chi connectivity index (χ2v) is 5.26. The number of rotatable bonds is 0. The van der Waals surface area contributed by atoms with Crippen LogP contribution in [0.5, 0.6) is 0 Å². The van der Waals surface area contributed by atoms with Gasteiger partial charge in [-0.05, 0) is 13.8 Å². The number of hydrogen-bond donors (Lipinski definition) is 0. The molecule has 8 heteroatoms. The van der Waals surface area contributed by atoms with Gasteiger partial charge in [0.05, 0.1) is 12.8 Å². The van der Waals surface area contributed by atoms with Crippen LogP contribution in [0.4, 0.5) is 4.79 Å². The second-order valence-electron chi connectivity index (χ2n) is 5.26. The van der Waals surface area contributed by atoms with E-state index < -0.39 is 6.04 Å². The van der Waals surface area contributed by atoms with E-state index in [4.69, 9.17) is 0 Å². The van der Waals surface area contributed by atoms with Crippen LogP contribution in [0.2, 0.25) is 0 Å². The third-order valence-corrected chi connectivity index (χ3v) is 4.07. The van der Waals surface area contributed by atoms with Gasteiger partial charge >= 0.3 is 12.0 Å². The van der Waals surface area contributed by atoms with E-state index in [9.17, 15) is 9.59 Å². The standard InChI is InChI=1S/C12H17N6O2/c1-6-7(2)18-8-9(13-11(18)17(5)14-6)15(3)12(20)16(4)10(8)19/h7-8H,1-5H3/q+1. The Morgan fingerprint density at radius 3 is 2.45 bits per heavy atom. The van der Waals surface area contributed by atoms with E-state index in [-0.39, 0.29) is 18.0 Å². The van der Waals surface area contributed by atoms with Crippen LogP contribution in [-0.2, 0) is 4.79 Å². The lowest BCUT2D eigenvalue weighted by atomic mass is 10.1. The zero-order valence-corrected chi connectivity index (χ0v) is 12.2. The second kappa shape index (κ2) is 3.87. The maximum atomic E-state index is 12.5. The van der Waals surface area contributed by atoms with Crippen molar-refractivity contribution in [3.05, 3.63) is 0 Å². The number of imide groups is 1. The molecule has 1 fully saturated rings. The van der Waals surface area contributed by atoms with Crippen molar-refractivity contribution in [2.45, 2.75) is 25.9 Å². The van der Waals surface area contributed by atoms with Crippen LogP contribution in [-0.4, -0.2) is 82.1 Å². The summed E-state index contributed by atoms with van der Waals surface area (Å²) in [5.41, 5.74) is 0.905. The summed E-state index contributed by atoms with van der Waals surface area (Å²) >= 11 is 0. The summed E-state index contributed by atoms with van der Waals surface area (Å²) in [6.07, 6.45) is 0. The number of hydrazone groups is 1. The lowest BCUT2D eigenvalue weighted by Crippen LogP contribution is -2.63. The Hall–Kier alpha value is -2.25. The van der Waals surface area contributed by atoms with Crippen molar-refractivity contribution in [2.24, 2.45) is 10.1 Å². The topological polar surface area (TPSA) is 71.6 Å². The molecule has 2 unspecified atom stereocenters. The van der Waals surface area contributed by atoms with Crippen LogP contribution in [0.25, 0.3) is 0 Å². The quantitative estimate of drug-likeness (QED) is 0.553. The number of aliphatic imine (C=N–C) groups is 1. The molecule has 1 saturated heterocycles. The number of amides is 3. The number of carbonyl (C=O) groups is 2. The minimum absolute atomic E-state index is 0.0357. The Morgan fingerprint density at radius 2 is 1.80 bits per heavy atom. The Morgan fingerprint density at radius 1 is 1.15 bits per heavy atom. The van der Waals surface area contributed by atoms with Crippen molar-refractivity contribution in [3.8, 4) is 0 Å². The summed E-state index contributed by atoms with van der Waals surface area (Å²) in [4.78, 5) is 31.5. The molecule has 20 heavy (non-hydrogen) atoms. The zero-order chi connectivity index (χ0) is 14.8. The van der Waals surface area contributed by atoms with Crippen molar-refractivity contribution >= 4 is 29.4 Å². The normalized spacial score (nSPS) is 29.6. The summed E-state index contributed by atoms with van der Waals surface area (Å²) in [5, 5.41) is 6.03. The van der Waals surface area contributed by atoms with Gasteiger partial charge in [-0.3, -0.25) is 14.6 Å². The summed E-state index contributed by atoms with van der Waals surface area (Å²) in [6, 6.07) is -0.953. The van der Waals surface area contributed by atoms with Gasteiger partial charge < -0.3 is 0 Å². The molecule has 3 aliphatic rings. The predicted octanol–water partition coefficient (Wildman–Crippen LogP) is -0.631. The first-order valence-corrected chi connectivity index (χ1v) is 6.42. The van der Waals surface area contributed by atoms with Crippen LogP contribution >= 0.6 is 0 Å². The molecule has 0 aromatic carbocycles. The number of hydrogen-bond acceptors (Lipinski definition) is 5. The van der Waals surface area contributed by atoms with Crippen LogP contribution < -0.4 is 0 Å². The average molecular weight is 277 g/mol. The molecule has 8 nitrogen and oxygen atoms in total. The van der Waals surface area contributed by atoms with E-state index in [1.54, 1.807) is 19.1 Å². The van der Waals surface area contributed by atoms with Gasteiger partial charge in [-0.2, -0.15) is 0 Å². The third-order valence-electron chi connectivity index (χ3n) is 4.07. The highest BCUT2D eigenvalue weighted by Crippen LogP contribution is 2.23. The van der Waals surface area contributed by atoms with Crippen LogP contribution in [0.1, 0.15) is 13.8 Å². The maximum absolute atomic E-state index is 12.5. The predicted molar refractivity (Wildman–Crippen MR) is 72.8 cm³/mol. The van der Waals surface area contributed by atoms with Crippen molar-refractivity contribution in [2.75, 3.05) is 21.1 Å². The molecule has 0 N–H and O–H groups in total. The summed E-state index contributed by atoms with van der Waals surface area (Å²) in [7, 11) is 4.92. The van der Waals surface area contributed by atoms with Crippen LogP contribution in [0.15, 0.2) is 10.1 Å². The van der Waals surface area contributed by atoms with Gasteiger partial charge in [0.2, 0.25) is 11.9 Å². The van der Waals surface area contributed by atoms with Crippen LogP contribution in [0.3, 0.4) is 0 Å². The van der Waals surface area contributed by atoms with Gasteiger partial charge in [0.15, 0.2) is 0 Å². The van der Waals surface area contributed by atoms with E-state index in [2.05, 4.69) is 10.1 Å². The summed E-state index contributed by atoms with van der Waals surface area (Å²) < 4.78 is 1.92. The number of likely N-dealkylation sites (N-methyl/N-ethyl adjacent to an activating group) is 2. The van der Waals surface area contributed by atoms with Gasteiger partial charge in [-0.1, -0.05) is 4.99 Å². The molecule has 3 aliphatic heterocycles. The maximum Gasteiger partial charge on any atom is 0.416 e. The Bertz CT molecular complexity index is 619. The zero-order valence-electron chi connectivity index (χ0n) is 12.2. The molecule has 3 rings (SSSR count). The fourth-order valence-electron chi connectivity index (χ4n) is 2.75. The largest absolute Gasteiger partial charge is 0.416 e. The molecule has 0 bridgehead atoms. The lowest BCUT2D eigenvalue weighted by Gasteiger charge is -2.33. The van der Waals surface area contributed by atoms with E-state index in [1.165, 1.54) is 11.9 Å². The highest BCUT2D eigenvalue weighted by Gasteiger charge is 2.54. The Labute approximate surface area is 116 Å². The van der Waals surface area contributed by atoms with Gasteiger partial charge in [0.1, 0.15) is 6.04 Å². The number of carbonyl (C=O) groups excluding carboxylic acids is 2. The van der Waals surface area contributed by atoms with E-state index >= 15 is 0 Å². The van der Waals surface area contributed by atoms with Crippen molar-refractivity contribution in [1.29, 1.82) is 0 Å². The molecule has 2 atom stereocenters. The van der Waals surface area contributed by atoms with Crippen molar-refractivity contribution in [1.82, 2.24) is 14.8 Å². The monoisotopic (exact) mass is 277 g/mol. The highest BCUT2D eigenvalue weighted by molar-refractivity contribution is 6.23. The highest BCUT2D eigenvalue weighted by atomic mass is 16.2. The fraction of sp³-hybridized carbons (Fsp3) is 0.583. The van der Waals surface area contributed by atoms with Crippen molar-refractivity contribution in [3.63, 3.8) is 0 Å². The van der Waals surface area contributed by atoms with Crippen molar-refractivity contribution < 1.29 is 14.2 Å². The fourth-order valence-corrected chi connectivity index (χ4v) is 2.75. The number of nitrogens with zero attached hydrogens (tertiary/aromatic N) is 6. The SMILES string of the molecule is CC1=NN(C)C2=[N+](C1C)C1C(=O)N(C)C(=O)N(C)C1=N2. The first-order chi connectivity index (χ1) is 9.34. The van der Waals surface area contributed by atoms with Gasteiger partial charge in [0.25, 0.3) is 5.91 Å². The molecular weight excluding hydrogens is 260 g/mol. The first-order valence-electron chi connectivity index (χ1n) is 6.42. The molecule has 0 saturated carbocycles. The molecule has 0 aromatic heterocycles. The van der Waals surface area contributed by atoms with E-state index in [0.717, 1.165) is 10.6 Å². The summed E-state index contributed by atoms with van der Waals surface area (Å²) in [5.74, 6) is 0.819. The van der Waals surface area contributed by atoms with E-state index in [1.807, 2.05) is 18.4 Å². The summed E-state index contributed by atoms with van der Waals surface area (Å²) in [6.45, 7) is 3.90. The smallest absolute Gasteiger partial charge is 0.270 e. The Balaban J connectivity index is 2.12. The third kappa shape index (κ3) is 1.38. The molecule has 0 aliphatic carbocycles. The number of fused-ring (bicyclic) bond motifs is 2. The minimum atomic E-state index is -0.555. The van der Waals surface area contributed by atoms with Crippen LogP contribution in [0, 0.1) is 0 Å². The first kappa shape index (κ1) is 12.8. The molecule has 0 spiro atoms.